The van der Waals surface area contributed by atoms with Crippen molar-refractivity contribution in [2.75, 3.05) is 32.8 Å². The third-order valence-corrected chi connectivity index (χ3v) is 3.23. The van der Waals surface area contributed by atoms with E-state index in [0.717, 1.165) is 6.42 Å². The van der Waals surface area contributed by atoms with Crippen LogP contribution in [0.4, 0.5) is 0 Å². The Morgan fingerprint density at radius 3 is 3.05 bits per heavy atom. The molecule has 1 N–H and O–H groups in total. The van der Waals surface area contributed by atoms with Crippen LogP contribution in [0.3, 0.4) is 0 Å². The number of ketones is 1. The van der Waals surface area contributed by atoms with Crippen molar-refractivity contribution in [1.29, 1.82) is 0 Å². The average Bonchev–Trinajstić information content (AvgIpc) is 2.99. The first-order valence-electron chi connectivity index (χ1n) is 6.88. The lowest BCUT2D eigenvalue weighted by Crippen LogP contribution is -2.55. The van der Waals surface area contributed by atoms with E-state index < -0.39 is 6.04 Å². The Balaban J connectivity index is 1.96. The Bertz CT molecular complexity index is 444. The monoisotopic (exact) mass is 280 g/mol. The van der Waals surface area contributed by atoms with E-state index in [1.165, 1.54) is 6.26 Å². The number of amides is 1. The van der Waals surface area contributed by atoms with Crippen molar-refractivity contribution in [3.8, 4) is 0 Å². The normalized spacial score (nSPS) is 19.8. The summed E-state index contributed by atoms with van der Waals surface area (Å²) in [5.41, 5.74) is 0. The Morgan fingerprint density at radius 1 is 1.50 bits per heavy atom. The minimum atomic E-state index is -0.408. The van der Waals surface area contributed by atoms with Crippen LogP contribution in [0.1, 0.15) is 23.9 Å². The molecule has 1 aliphatic rings. The molecule has 0 radical (unpaired) electrons. The number of carbonyl (C=O) groups is 2. The fraction of sp³-hybridized carbons (Fsp3) is 0.571. The molecule has 1 amide bonds. The molecule has 1 aromatic heterocycles. The lowest BCUT2D eigenvalue weighted by molar-refractivity contribution is -0.132. The summed E-state index contributed by atoms with van der Waals surface area (Å²) in [7, 11) is 0. The highest BCUT2D eigenvalue weighted by Crippen LogP contribution is 2.10. The lowest BCUT2D eigenvalue weighted by atomic mass is 10.1. The molecule has 1 fully saturated rings. The zero-order valence-corrected chi connectivity index (χ0v) is 11.6. The zero-order chi connectivity index (χ0) is 14.4. The third-order valence-electron chi connectivity index (χ3n) is 3.23. The smallest absolute Gasteiger partial charge is 0.239 e. The molecule has 1 aromatic rings. The summed E-state index contributed by atoms with van der Waals surface area (Å²) in [6, 6.07) is 2.90. The van der Waals surface area contributed by atoms with E-state index in [2.05, 4.69) is 5.32 Å². The minimum Gasteiger partial charge on any atom is -0.461 e. The van der Waals surface area contributed by atoms with Gasteiger partial charge < -0.3 is 14.5 Å². The van der Waals surface area contributed by atoms with Gasteiger partial charge in [0.2, 0.25) is 11.7 Å². The summed E-state index contributed by atoms with van der Waals surface area (Å²) in [5.74, 6) is 0.119. The maximum atomic E-state index is 12.1. The Hall–Kier alpha value is -1.66. The number of carbonyl (C=O) groups excluding carboxylic acids is 2. The first kappa shape index (κ1) is 14.7. The topological polar surface area (TPSA) is 71.8 Å². The highest BCUT2D eigenvalue weighted by Gasteiger charge is 2.31. The van der Waals surface area contributed by atoms with Crippen molar-refractivity contribution in [2.24, 2.45) is 0 Å². The number of ether oxygens (including phenoxy) is 1. The highest BCUT2D eigenvalue weighted by atomic mass is 16.5. The van der Waals surface area contributed by atoms with Crippen LogP contribution in [-0.4, -0.2) is 55.5 Å². The van der Waals surface area contributed by atoms with Gasteiger partial charge in [-0.15, -0.1) is 0 Å². The molecule has 1 aliphatic heterocycles. The van der Waals surface area contributed by atoms with Gasteiger partial charge in [-0.1, -0.05) is 6.92 Å². The fourth-order valence-corrected chi connectivity index (χ4v) is 2.13. The molecular formula is C14H20N2O4. The van der Waals surface area contributed by atoms with E-state index in [1.54, 1.807) is 12.1 Å². The van der Waals surface area contributed by atoms with Crippen LogP contribution in [0.15, 0.2) is 22.8 Å². The second-order valence-corrected chi connectivity index (χ2v) is 4.75. The second kappa shape index (κ2) is 7.21. The van der Waals surface area contributed by atoms with E-state index in [4.69, 9.17) is 9.15 Å². The number of nitrogens with zero attached hydrogens (tertiary/aromatic N) is 1. The number of hydrogen-bond acceptors (Lipinski definition) is 5. The van der Waals surface area contributed by atoms with Gasteiger partial charge in [-0.2, -0.15) is 0 Å². The van der Waals surface area contributed by atoms with Crippen LogP contribution in [0.5, 0.6) is 0 Å². The van der Waals surface area contributed by atoms with Gasteiger partial charge in [-0.3, -0.25) is 14.5 Å². The summed E-state index contributed by atoms with van der Waals surface area (Å²) in [6.07, 6.45) is 2.35. The molecule has 6 nitrogen and oxygen atoms in total. The van der Waals surface area contributed by atoms with Gasteiger partial charge in [0.25, 0.3) is 0 Å². The van der Waals surface area contributed by atoms with Gasteiger partial charge in [0.05, 0.1) is 26.0 Å². The van der Waals surface area contributed by atoms with Gasteiger partial charge in [-0.05, 0) is 18.6 Å². The highest BCUT2D eigenvalue weighted by molar-refractivity contribution is 5.95. The first-order valence-corrected chi connectivity index (χ1v) is 6.88. The molecule has 0 bridgehead atoms. The molecule has 110 valence electrons. The summed E-state index contributed by atoms with van der Waals surface area (Å²) in [4.78, 5) is 26.0. The molecule has 1 unspecified atom stereocenters. The predicted octanol–water partition coefficient (Wildman–Crippen LogP) is 0.689. The fourth-order valence-electron chi connectivity index (χ4n) is 2.13. The van der Waals surface area contributed by atoms with Crippen molar-refractivity contribution >= 4 is 11.7 Å². The minimum absolute atomic E-state index is 0.0844. The summed E-state index contributed by atoms with van der Waals surface area (Å²) in [6.45, 7) is 4.22. The Kier molecular flexibility index (Phi) is 5.31. The lowest BCUT2D eigenvalue weighted by Gasteiger charge is -2.33. The average molecular weight is 280 g/mol. The predicted molar refractivity (Wildman–Crippen MR) is 72.5 cm³/mol. The van der Waals surface area contributed by atoms with Crippen LogP contribution in [0.2, 0.25) is 0 Å². The van der Waals surface area contributed by atoms with Crippen LogP contribution in [0, 0.1) is 0 Å². The Morgan fingerprint density at radius 2 is 2.35 bits per heavy atom. The van der Waals surface area contributed by atoms with Crippen LogP contribution in [-0.2, 0) is 9.53 Å². The molecular weight excluding hydrogens is 260 g/mol. The van der Waals surface area contributed by atoms with E-state index in [1.807, 2.05) is 11.8 Å². The van der Waals surface area contributed by atoms with Crippen LogP contribution < -0.4 is 5.32 Å². The van der Waals surface area contributed by atoms with E-state index in [-0.39, 0.29) is 18.2 Å². The van der Waals surface area contributed by atoms with Crippen molar-refractivity contribution in [2.45, 2.75) is 19.4 Å². The maximum absolute atomic E-state index is 12.1. The molecule has 2 rings (SSSR count). The maximum Gasteiger partial charge on any atom is 0.239 e. The number of Topliss-reactive ketones (excluding diaryl/α,β-unsaturated/α-hetero) is 1. The van der Waals surface area contributed by atoms with E-state index in [0.29, 0.717) is 32.1 Å². The molecule has 2 heterocycles. The third kappa shape index (κ3) is 3.68. The molecule has 0 spiro atoms. The van der Waals surface area contributed by atoms with Crippen molar-refractivity contribution in [3.05, 3.63) is 24.2 Å². The number of furan rings is 1. The van der Waals surface area contributed by atoms with Gasteiger partial charge in [-0.25, -0.2) is 0 Å². The largest absolute Gasteiger partial charge is 0.461 e. The van der Waals surface area contributed by atoms with Crippen molar-refractivity contribution in [1.82, 2.24) is 10.2 Å². The van der Waals surface area contributed by atoms with E-state index >= 15 is 0 Å². The summed E-state index contributed by atoms with van der Waals surface area (Å²) < 4.78 is 10.4. The molecule has 0 aliphatic carbocycles. The first-order chi connectivity index (χ1) is 9.72. The molecule has 1 saturated heterocycles. The zero-order valence-electron chi connectivity index (χ0n) is 11.6. The molecule has 0 aromatic carbocycles. The summed E-state index contributed by atoms with van der Waals surface area (Å²) >= 11 is 0. The Labute approximate surface area is 118 Å². The van der Waals surface area contributed by atoms with Crippen LogP contribution in [0.25, 0.3) is 0 Å². The standard InChI is InChI=1S/C14H20N2O4/c1-2-5-15-14(18)11-10-19-8-6-16(11)9-12(17)13-4-3-7-20-13/h3-4,7,11H,2,5-6,8-10H2,1H3,(H,15,18). The van der Waals surface area contributed by atoms with E-state index in [9.17, 15) is 9.59 Å². The van der Waals surface area contributed by atoms with Crippen LogP contribution >= 0.6 is 0 Å². The molecule has 1 atom stereocenters. The molecule has 20 heavy (non-hydrogen) atoms. The SMILES string of the molecule is CCCNC(=O)C1COCCN1CC(=O)c1ccco1. The van der Waals surface area contributed by atoms with Crippen molar-refractivity contribution < 1.29 is 18.7 Å². The number of rotatable bonds is 6. The number of hydrogen-bond donors (Lipinski definition) is 1. The number of morpholine rings is 1. The van der Waals surface area contributed by atoms with Gasteiger partial charge in [0, 0.05) is 13.1 Å². The molecule has 0 saturated carbocycles. The van der Waals surface area contributed by atoms with Gasteiger partial charge in [0.15, 0.2) is 5.76 Å². The molecule has 6 heteroatoms. The van der Waals surface area contributed by atoms with Gasteiger partial charge >= 0.3 is 0 Å². The van der Waals surface area contributed by atoms with Crippen molar-refractivity contribution in [3.63, 3.8) is 0 Å². The quantitative estimate of drug-likeness (QED) is 0.776. The van der Waals surface area contributed by atoms with Gasteiger partial charge in [0.1, 0.15) is 6.04 Å². The number of nitrogens with one attached hydrogen (secondary N) is 1. The summed E-state index contributed by atoms with van der Waals surface area (Å²) in [5, 5.41) is 2.84. The second-order valence-electron chi connectivity index (χ2n) is 4.75.